The van der Waals surface area contributed by atoms with Crippen molar-refractivity contribution in [1.29, 1.82) is 0 Å². The maximum atomic E-state index is 11.2. The monoisotopic (exact) mass is 309 g/mol. The molecular formula is C16H24ClN3O. The highest BCUT2D eigenvalue weighted by atomic mass is 35.5. The molecule has 21 heavy (non-hydrogen) atoms. The second-order valence-electron chi connectivity index (χ2n) is 5.96. The van der Waals surface area contributed by atoms with Crippen molar-refractivity contribution in [3.8, 4) is 0 Å². The van der Waals surface area contributed by atoms with E-state index in [1.54, 1.807) is 12.1 Å². The zero-order valence-electron chi connectivity index (χ0n) is 12.7. The van der Waals surface area contributed by atoms with Crippen molar-refractivity contribution in [3.63, 3.8) is 0 Å². The molecule has 5 heteroatoms. The zero-order valence-corrected chi connectivity index (χ0v) is 13.5. The van der Waals surface area contributed by atoms with E-state index in [-0.39, 0.29) is 0 Å². The van der Waals surface area contributed by atoms with Gasteiger partial charge in [0.05, 0.1) is 10.6 Å². The lowest BCUT2D eigenvalue weighted by atomic mass is 10.1. The van der Waals surface area contributed by atoms with Gasteiger partial charge in [-0.15, -0.1) is 0 Å². The van der Waals surface area contributed by atoms with Crippen LogP contribution in [-0.2, 0) is 0 Å². The summed E-state index contributed by atoms with van der Waals surface area (Å²) >= 11 is 6.09. The van der Waals surface area contributed by atoms with Gasteiger partial charge in [0.2, 0.25) is 5.91 Å². The number of nitrogens with zero attached hydrogens (tertiary/aromatic N) is 1. The quantitative estimate of drug-likeness (QED) is 0.898. The predicted octanol–water partition coefficient (Wildman–Crippen LogP) is 3.11. The van der Waals surface area contributed by atoms with Crippen LogP contribution in [0.15, 0.2) is 18.2 Å². The summed E-state index contributed by atoms with van der Waals surface area (Å²) in [5, 5.41) is 3.93. The molecule has 2 rings (SSSR count). The number of benzene rings is 1. The lowest BCUT2D eigenvalue weighted by Crippen LogP contribution is -2.32. The SMILES string of the molecule is CC(C)N1CCCC(Nc2ccc(C(N)=O)c(Cl)c2)CC1. The fourth-order valence-corrected chi connectivity index (χ4v) is 3.09. The molecule has 1 aliphatic rings. The van der Waals surface area contributed by atoms with Crippen molar-refractivity contribution < 1.29 is 4.79 Å². The Morgan fingerprint density at radius 2 is 2.14 bits per heavy atom. The van der Waals surface area contributed by atoms with E-state index in [9.17, 15) is 4.79 Å². The highest BCUT2D eigenvalue weighted by molar-refractivity contribution is 6.34. The molecule has 1 aliphatic heterocycles. The molecule has 0 bridgehead atoms. The number of likely N-dealkylation sites (tertiary alicyclic amines) is 1. The van der Waals surface area contributed by atoms with Crippen LogP contribution in [0.1, 0.15) is 43.5 Å². The zero-order chi connectivity index (χ0) is 15.4. The van der Waals surface area contributed by atoms with Crippen molar-refractivity contribution in [2.75, 3.05) is 18.4 Å². The van der Waals surface area contributed by atoms with Crippen molar-refractivity contribution in [2.24, 2.45) is 5.73 Å². The van der Waals surface area contributed by atoms with Crippen LogP contribution >= 0.6 is 11.6 Å². The Balaban J connectivity index is 1.98. The number of amides is 1. The average Bonchev–Trinajstić information content (AvgIpc) is 2.64. The fraction of sp³-hybridized carbons (Fsp3) is 0.562. The van der Waals surface area contributed by atoms with Crippen LogP contribution in [0, 0.1) is 0 Å². The van der Waals surface area contributed by atoms with Gasteiger partial charge in [-0.3, -0.25) is 4.79 Å². The van der Waals surface area contributed by atoms with Crippen molar-refractivity contribution in [2.45, 2.75) is 45.2 Å². The van der Waals surface area contributed by atoms with E-state index in [4.69, 9.17) is 17.3 Å². The van der Waals surface area contributed by atoms with Gasteiger partial charge in [-0.2, -0.15) is 0 Å². The molecule has 1 aromatic rings. The molecule has 0 aliphatic carbocycles. The number of anilines is 1. The van der Waals surface area contributed by atoms with Crippen LogP contribution in [0.5, 0.6) is 0 Å². The third kappa shape index (κ3) is 4.35. The summed E-state index contributed by atoms with van der Waals surface area (Å²) in [6.45, 7) is 6.77. The Labute approximate surface area is 131 Å². The summed E-state index contributed by atoms with van der Waals surface area (Å²) in [6.07, 6.45) is 3.47. The van der Waals surface area contributed by atoms with E-state index < -0.39 is 5.91 Å². The number of hydrogen-bond donors (Lipinski definition) is 2. The first-order valence-corrected chi connectivity index (χ1v) is 7.95. The lowest BCUT2D eigenvalue weighted by Gasteiger charge is -2.24. The van der Waals surface area contributed by atoms with E-state index >= 15 is 0 Å². The van der Waals surface area contributed by atoms with E-state index in [0.29, 0.717) is 22.7 Å². The van der Waals surface area contributed by atoms with Gasteiger partial charge >= 0.3 is 0 Å². The molecule has 1 heterocycles. The third-order valence-corrected chi connectivity index (χ3v) is 4.41. The van der Waals surface area contributed by atoms with Gasteiger partial charge in [-0.05, 0) is 57.9 Å². The normalized spacial score (nSPS) is 20.3. The number of hydrogen-bond acceptors (Lipinski definition) is 3. The smallest absolute Gasteiger partial charge is 0.250 e. The number of nitrogens with two attached hydrogens (primary N) is 1. The molecule has 116 valence electrons. The van der Waals surface area contributed by atoms with E-state index in [0.717, 1.165) is 31.6 Å². The van der Waals surface area contributed by atoms with E-state index in [2.05, 4.69) is 24.1 Å². The first-order valence-electron chi connectivity index (χ1n) is 7.57. The number of carbonyl (C=O) groups is 1. The fourth-order valence-electron chi connectivity index (χ4n) is 2.82. The van der Waals surface area contributed by atoms with Gasteiger partial charge in [0.15, 0.2) is 0 Å². The summed E-state index contributed by atoms with van der Waals surface area (Å²) in [7, 11) is 0. The van der Waals surface area contributed by atoms with Crippen molar-refractivity contribution in [1.82, 2.24) is 4.90 Å². The molecule has 1 unspecified atom stereocenters. The van der Waals surface area contributed by atoms with Crippen molar-refractivity contribution in [3.05, 3.63) is 28.8 Å². The van der Waals surface area contributed by atoms with Gasteiger partial charge < -0.3 is 16.0 Å². The van der Waals surface area contributed by atoms with Crippen LogP contribution in [-0.4, -0.2) is 36.0 Å². The van der Waals surface area contributed by atoms with E-state index in [1.807, 2.05) is 6.07 Å². The molecular weight excluding hydrogens is 286 g/mol. The summed E-state index contributed by atoms with van der Waals surface area (Å²) in [4.78, 5) is 13.7. The van der Waals surface area contributed by atoms with Crippen LogP contribution in [0.2, 0.25) is 5.02 Å². The Hall–Kier alpha value is -1.26. The van der Waals surface area contributed by atoms with Gasteiger partial charge in [-0.1, -0.05) is 11.6 Å². The summed E-state index contributed by atoms with van der Waals surface area (Å²) in [5.74, 6) is -0.492. The van der Waals surface area contributed by atoms with E-state index in [1.165, 1.54) is 6.42 Å². The highest BCUT2D eigenvalue weighted by Crippen LogP contribution is 2.23. The molecule has 0 aromatic heterocycles. The number of carbonyl (C=O) groups excluding carboxylic acids is 1. The molecule has 1 amide bonds. The standard InChI is InChI=1S/C16H24ClN3O/c1-11(2)20-8-3-4-12(7-9-20)19-13-5-6-14(16(18)21)15(17)10-13/h5-6,10-12,19H,3-4,7-9H2,1-2H3,(H2,18,21). The lowest BCUT2D eigenvalue weighted by molar-refractivity contribution is 0.100. The van der Waals surface area contributed by atoms with Crippen molar-refractivity contribution >= 4 is 23.2 Å². The molecule has 1 fully saturated rings. The number of primary amides is 1. The Bertz CT molecular complexity index is 504. The largest absolute Gasteiger partial charge is 0.382 e. The molecule has 1 atom stereocenters. The highest BCUT2D eigenvalue weighted by Gasteiger charge is 2.18. The maximum Gasteiger partial charge on any atom is 0.250 e. The number of nitrogens with one attached hydrogen (secondary N) is 1. The molecule has 1 saturated heterocycles. The molecule has 3 N–H and O–H groups in total. The summed E-state index contributed by atoms with van der Waals surface area (Å²) in [6, 6.07) is 6.39. The maximum absolute atomic E-state index is 11.2. The Kier molecular flexibility index (Phi) is 5.48. The third-order valence-electron chi connectivity index (χ3n) is 4.10. The minimum Gasteiger partial charge on any atom is -0.382 e. The Morgan fingerprint density at radius 1 is 1.38 bits per heavy atom. The summed E-state index contributed by atoms with van der Waals surface area (Å²) < 4.78 is 0. The molecule has 0 spiro atoms. The topological polar surface area (TPSA) is 58.4 Å². The Morgan fingerprint density at radius 3 is 2.76 bits per heavy atom. The number of halogens is 1. The summed E-state index contributed by atoms with van der Waals surface area (Å²) in [5.41, 5.74) is 6.59. The first-order chi connectivity index (χ1) is 9.97. The molecule has 1 aromatic carbocycles. The second-order valence-corrected chi connectivity index (χ2v) is 6.37. The van der Waals surface area contributed by atoms with Gasteiger partial charge in [-0.25, -0.2) is 0 Å². The van der Waals surface area contributed by atoms with Crippen LogP contribution in [0.4, 0.5) is 5.69 Å². The second kappa shape index (κ2) is 7.14. The van der Waals surface area contributed by atoms with Gasteiger partial charge in [0.1, 0.15) is 0 Å². The van der Waals surface area contributed by atoms with Crippen LogP contribution in [0.25, 0.3) is 0 Å². The van der Waals surface area contributed by atoms with Crippen LogP contribution in [0.3, 0.4) is 0 Å². The predicted molar refractivity (Wildman–Crippen MR) is 87.9 cm³/mol. The molecule has 4 nitrogen and oxygen atoms in total. The minimum absolute atomic E-state index is 0.370. The first kappa shape index (κ1) is 16.1. The number of rotatable bonds is 4. The molecule has 0 radical (unpaired) electrons. The minimum atomic E-state index is -0.492. The van der Waals surface area contributed by atoms with Gasteiger partial charge in [0.25, 0.3) is 0 Å². The average molecular weight is 310 g/mol. The molecule has 0 saturated carbocycles. The van der Waals surface area contributed by atoms with Crippen LogP contribution < -0.4 is 11.1 Å². The van der Waals surface area contributed by atoms with Gasteiger partial charge in [0, 0.05) is 24.3 Å².